The van der Waals surface area contributed by atoms with Crippen molar-refractivity contribution in [3.8, 4) is 0 Å². The van der Waals surface area contributed by atoms with Gasteiger partial charge in [0.2, 0.25) is 5.96 Å². The number of piperazine rings is 1. The summed E-state index contributed by atoms with van der Waals surface area (Å²) in [5.74, 6) is 3.65. The molecule has 0 saturated carbocycles. The van der Waals surface area contributed by atoms with Gasteiger partial charge in [-0.05, 0) is 37.0 Å². The van der Waals surface area contributed by atoms with Crippen molar-refractivity contribution in [2.75, 3.05) is 29.9 Å². The average Bonchev–Trinajstić information content (AvgIpc) is 3.23. The minimum Gasteiger partial charge on any atom is -0.449 e. The molecule has 0 radical (unpaired) electrons. The van der Waals surface area contributed by atoms with Crippen LogP contribution in [-0.2, 0) is 11.2 Å². The van der Waals surface area contributed by atoms with Crippen LogP contribution in [0.1, 0.15) is 30.0 Å². The zero-order valence-electron chi connectivity index (χ0n) is 14.4. The van der Waals surface area contributed by atoms with Crippen LogP contribution in [0.15, 0.2) is 51.7 Å². The Kier molecular flexibility index (Phi) is 3.57. The third kappa shape index (κ3) is 2.42. The highest BCUT2D eigenvalue weighted by Gasteiger charge is 2.32. The van der Waals surface area contributed by atoms with E-state index in [1.54, 1.807) is 6.26 Å². The molecule has 3 heterocycles. The summed E-state index contributed by atoms with van der Waals surface area (Å²) in [5.41, 5.74) is 4.42. The minimum absolute atomic E-state index is 0.183. The number of nitrogens with one attached hydrogen (secondary N) is 1. The summed E-state index contributed by atoms with van der Waals surface area (Å²) in [5, 5.41) is 3.45. The molecule has 2 aromatic rings. The summed E-state index contributed by atoms with van der Waals surface area (Å²) in [6, 6.07) is 10.4. The van der Waals surface area contributed by atoms with E-state index in [0.29, 0.717) is 18.8 Å². The predicted octanol–water partition coefficient (Wildman–Crippen LogP) is 2.98. The van der Waals surface area contributed by atoms with Gasteiger partial charge in [-0.25, -0.2) is 9.79 Å². The second-order valence-corrected chi connectivity index (χ2v) is 6.94. The van der Waals surface area contributed by atoms with Crippen LogP contribution >= 0.6 is 0 Å². The fourth-order valence-electron chi connectivity index (χ4n) is 4.19. The second kappa shape index (κ2) is 6.07. The number of benzene rings is 1. The Bertz CT molecular complexity index is 912. The van der Waals surface area contributed by atoms with E-state index in [1.165, 1.54) is 11.1 Å². The zero-order valence-corrected chi connectivity index (χ0v) is 14.4. The van der Waals surface area contributed by atoms with Crippen LogP contribution in [-0.4, -0.2) is 36.4 Å². The van der Waals surface area contributed by atoms with Gasteiger partial charge in [0.05, 0.1) is 18.8 Å². The molecule has 1 aliphatic carbocycles. The molecule has 1 aromatic carbocycles. The lowest BCUT2D eigenvalue weighted by atomic mass is 9.86. The maximum atomic E-state index is 11.6. The molecule has 0 amide bonds. The van der Waals surface area contributed by atoms with Crippen LogP contribution < -0.4 is 10.2 Å². The van der Waals surface area contributed by atoms with Gasteiger partial charge in [0, 0.05) is 30.4 Å². The Morgan fingerprint density at radius 2 is 2.19 bits per heavy atom. The Morgan fingerprint density at radius 1 is 1.23 bits per heavy atom. The third-order valence-electron chi connectivity index (χ3n) is 5.43. The molecule has 1 atom stereocenters. The summed E-state index contributed by atoms with van der Waals surface area (Å²) < 4.78 is 5.47. The maximum Gasteiger partial charge on any atom is 0.204 e. The van der Waals surface area contributed by atoms with Gasteiger partial charge < -0.3 is 19.5 Å². The number of anilines is 2. The van der Waals surface area contributed by atoms with E-state index in [2.05, 4.69) is 29.5 Å². The summed E-state index contributed by atoms with van der Waals surface area (Å²) in [6.45, 7) is 1.89. The number of furan rings is 1. The first-order valence-electron chi connectivity index (χ1n) is 9.10. The van der Waals surface area contributed by atoms with Crippen LogP contribution in [0, 0.1) is 0 Å². The third-order valence-corrected chi connectivity index (χ3v) is 5.43. The molecule has 3 aliphatic rings. The number of nitrogens with zero attached hydrogens (tertiary/aromatic N) is 3. The minimum atomic E-state index is 0.183. The smallest absolute Gasteiger partial charge is 0.204 e. The molecule has 5 rings (SSSR count). The Balaban J connectivity index is 1.44. The van der Waals surface area contributed by atoms with Gasteiger partial charge in [0.25, 0.3) is 0 Å². The average molecular weight is 348 g/mol. The largest absolute Gasteiger partial charge is 0.449 e. The number of guanidine groups is 1. The van der Waals surface area contributed by atoms with Crippen LogP contribution in [0.5, 0.6) is 0 Å². The van der Waals surface area contributed by atoms with Crippen LogP contribution in [0.25, 0.3) is 0 Å². The van der Waals surface area contributed by atoms with Gasteiger partial charge in [0.1, 0.15) is 11.6 Å². The first kappa shape index (κ1) is 15.3. The molecule has 1 saturated heterocycles. The zero-order chi connectivity index (χ0) is 17.5. The molecular formula is C20H20N4O2. The number of carbonyl (C=O) groups excluding carboxylic acids is 1. The lowest BCUT2D eigenvalue weighted by Gasteiger charge is -2.39. The molecule has 0 bridgehead atoms. The second-order valence-electron chi connectivity index (χ2n) is 6.94. The monoisotopic (exact) mass is 348 g/mol. The Labute approximate surface area is 151 Å². The normalized spacial score (nSPS) is 21.6. The standard InChI is InChI=1S/C20H20N4O2/c25-13-15-12-23(18-8-3-11-26-18)9-10-24(15)20-21-16-6-1-4-14-5-2-7-17(22-20)19(14)16/h1,3-4,6,8,11,17H,2,5,7,9-10,12H2,(H,21,22). The number of hydrogen-bond donors (Lipinski definition) is 1. The van der Waals surface area contributed by atoms with E-state index in [-0.39, 0.29) is 6.04 Å². The predicted molar refractivity (Wildman–Crippen MR) is 100 cm³/mol. The summed E-state index contributed by atoms with van der Waals surface area (Å²) in [4.78, 5) is 20.6. The van der Waals surface area contributed by atoms with Crippen molar-refractivity contribution in [2.45, 2.75) is 25.3 Å². The maximum absolute atomic E-state index is 11.6. The fourth-order valence-corrected chi connectivity index (χ4v) is 4.19. The number of aryl methyl sites for hydroxylation is 1. The van der Waals surface area contributed by atoms with Crippen molar-refractivity contribution in [3.05, 3.63) is 53.4 Å². The molecule has 6 heteroatoms. The highest BCUT2D eigenvalue weighted by molar-refractivity contribution is 5.98. The van der Waals surface area contributed by atoms with E-state index in [1.807, 2.05) is 21.9 Å². The van der Waals surface area contributed by atoms with Crippen molar-refractivity contribution < 1.29 is 9.21 Å². The lowest BCUT2D eigenvalue weighted by Crippen LogP contribution is -2.50. The molecular weight excluding hydrogens is 328 g/mol. The van der Waals surface area contributed by atoms with Crippen molar-refractivity contribution >= 4 is 23.5 Å². The van der Waals surface area contributed by atoms with E-state index in [9.17, 15) is 4.79 Å². The fraction of sp³-hybridized carbons (Fsp3) is 0.350. The van der Waals surface area contributed by atoms with E-state index in [0.717, 1.165) is 43.3 Å². The van der Waals surface area contributed by atoms with Crippen molar-refractivity contribution in [2.24, 2.45) is 4.99 Å². The molecule has 1 unspecified atom stereocenters. The lowest BCUT2D eigenvalue weighted by molar-refractivity contribution is 0.428. The van der Waals surface area contributed by atoms with Crippen LogP contribution in [0.4, 0.5) is 11.6 Å². The van der Waals surface area contributed by atoms with Crippen LogP contribution in [0.3, 0.4) is 0 Å². The molecule has 1 fully saturated rings. The first-order valence-corrected chi connectivity index (χ1v) is 9.10. The molecule has 1 N–H and O–H groups in total. The van der Waals surface area contributed by atoms with Gasteiger partial charge in [-0.1, -0.05) is 12.1 Å². The summed E-state index contributed by atoms with van der Waals surface area (Å²) >= 11 is 0. The molecule has 26 heavy (non-hydrogen) atoms. The molecule has 132 valence electrons. The van der Waals surface area contributed by atoms with Crippen molar-refractivity contribution in [1.82, 2.24) is 4.90 Å². The summed E-state index contributed by atoms with van der Waals surface area (Å²) in [6.07, 6.45) is 4.98. The van der Waals surface area contributed by atoms with Gasteiger partial charge in [-0.3, -0.25) is 0 Å². The van der Waals surface area contributed by atoms with Gasteiger partial charge in [-0.15, -0.1) is 0 Å². The van der Waals surface area contributed by atoms with E-state index in [4.69, 9.17) is 9.41 Å². The number of hydrogen-bond acceptors (Lipinski definition) is 6. The van der Waals surface area contributed by atoms with E-state index >= 15 is 0 Å². The highest BCUT2D eigenvalue weighted by Crippen LogP contribution is 2.40. The Hall–Kier alpha value is -2.98. The van der Waals surface area contributed by atoms with E-state index < -0.39 is 0 Å². The first-order chi connectivity index (χ1) is 12.8. The van der Waals surface area contributed by atoms with Gasteiger partial charge in [-0.2, -0.15) is 0 Å². The van der Waals surface area contributed by atoms with Crippen LogP contribution in [0.2, 0.25) is 0 Å². The van der Waals surface area contributed by atoms with Crippen molar-refractivity contribution in [3.63, 3.8) is 0 Å². The quantitative estimate of drug-likeness (QED) is 0.803. The highest BCUT2D eigenvalue weighted by atomic mass is 16.3. The van der Waals surface area contributed by atoms with Gasteiger partial charge >= 0.3 is 0 Å². The Morgan fingerprint density at radius 3 is 3.04 bits per heavy atom. The van der Waals surface area contributed by atoms with Gasteiger partial charge in [0.15, 0.2) is 5.88 Å². The molecule has 1 aromatic heterocycles. The topological polar surface area (TPSA) is 61.1 Å². The number of aliphatic imine (C=N–C) groups is 1. The number of rotatable bonds is 1. The molecule has 6 nitrogen and oxygen atoms in total. The molecule has 0 spiro atoms. The molecule has 2 aliphatic heterocycles. The SMILES string of the molecule is O=C=C1CN(c2ccco2)CCN1C1=NC2CCCc3cccc(c32)N1. The summed E-state index contributed by atoms with van der Waals surface area (Å²) in [7, 11) is 0. The van der Waals surface area contributed by atoms with Crippen molar-refractivity contribution in [1.29, 1.82) is 0 Å².